The average Bonchev–Trinajstić information content (AvgIpc) is 2.69. The first-order chi connectivity index (χ1) is 13.8. The highest BCUT2D eigenvalue weighted by molar-refractivity contribution is 5.88. The maximum Gasteiger partial charge on any atom is 0.261 e. The molecule has 0 aromatic heterocycles. The fourth-order valence-electron chi connectivity index (χ4n) is 3.00. The molecule has 5 heteroatoms. The molecule has 5 nitrogen and oxygen atoms in total. The molecular weight excluding hydrogens is 364 g/mol. The van der Waals surface area contributed by atoms with Gasteiger partial charge in [0, 0.05) is 13.1 Å². The van der Waals surface area contributed by atoms with Crippen LogP contribution in [0, 0.1) is 19.8 Å². The molecule has 0 saturated carbocycles. The maximum absolute atomic E-state index is 13.0. The molecule has 0 bridgehead atoms. The van der Waals surface area contributed by atoms with E-state index >= 15 is 0 Å². The van der Waals surface area contributed by atoms with Crippen LogP contribution >= 0.6 is 0 Å². The molecule has 1 atom stereocenters. The number of nitrogens with one attached hydrogen (secondary N) is 1. The van der Waals surface area contributed by atoms with Crippen molar-refractivity contribution in [3.05, 3.63) is 65.2 Å². The van der Waals surface area contributed by atoms with Crippen LogP contribution in [-0.4, -0.2) is 35.9 Å². The molecule has 0 radical (unpaired) electrons. The molecule has 29 heavy (non-hydrogen) atoms. The first-order valence-electron chi connectivity index (χ1n) is 10.1. The van der Waals surface area contributed by atoms with Gasteiger partial charge in [-0.1, -0.05) is 61.9 Å². The van der Waals surface area contributed by atoms with Crippen LogP contribution < -0.4 is 10.1 Å². The molecular formula is C24H32N2O3. The average molecular weight is 397 g/mol. The van der Waals surface area contributed by atoms with E-state index in [-0.39, 0.29) is 18.4 Å². The van der Waals surface area contributed by atoms with Crippen molar-refractivity contribution in [3.8, 4) is 5.75 Å². The van der Waals surface area contributed by atoms with Crippen LogP contribution in [0.2, 0.25) is 0 Å². The summed E-state index contributed by atoms with van der Waals surface area (Å²) in [6.45, 7) is 10.6. The lowest BCUT2D eigenvalue weighted by molar-refractivity contribution is -0.142. The van der Waals surface area contributed by atoms with E-state index < -0.39 is 6.04 Å². The van der Waals surface area contributed by atoms with Crippen LogP contribution in [0.5, 0.6) is 5.75 Å². The summed E-state index contributed by atoms with van der Waals surface area (Å²) in [6, 6.07) is 14.9. The Kier molecular flexibility index (Phi) is 8.25. The number of hydrogen-bond donors (Lipinski definition) is 1. The van der Waals surface area contributed by atoms with Gasteiger partial charge in [-0.25, -0.2) is 0 Å². The third-order valence-electron chi connectivity index (χ3n) is 4.73. The molecule has 1 N–H and O–H groups in total. The predicted octanol–water partition coefficient (Wildman–Crippen LogP) is 3.87. The molecule has 2 rings (SSSR count). The lowest BCUT2D eigenvalue weighted by Gasteiger charge is -2.29. The monoisotopic (exact) mass is 396 g/mol. The maximum atomic E-state index is 13.0. The van der Waals surface area contributed by atoms with Crippen LogP contribution in [0.15, 0.2) is 48.5 Å². The summed E-state index contributed by atoms with van der Waals surface area (Å²) in [4.78, 5) is 27.2. The van der Waals surface area contributed by atoms with Gasteiger partial charge in [-0.3, -0.25) is 9.59 Å². The molecule has 0 aliphatic rings. The molecule has 2 amide bonds. The second kappa shape index (κ2) is 10.6. The third kappa shape index (κ3) is 6.93. The highest BCUT2D eigenvalue weighted by atomic mass is 16.5. The number of carbonyl (C=O) groups is 2. The van der Waals surface area contributed by atoms with Gasteiger partial charge in [0.15, 0.2) is 6.61 Å². The van der Waals surface area contributed by atoms with Crippen molar-refractivity contribution < 1.29 is 14.3 Å². The van der Waals surface area contributed by atoms with Crippen molar-refractivity contribution in [2.24, 2.45) is 5.92 Å². The normalized spacial score (nSPS) is 11.8. The molecule has 0 spiro atoms. The van der Waals surface area contributed by atoms with Crippen molar-refractivity contribution in [2.45, 2.75) is 47.2 Å². The first kappa shape index (κ1) is 22.5. The van der Waals surface area contributed by atoms with Crippen molar-refractivity contribution in [3.63, 3.8) is 0 Å². The minimum atomic E-state index is -0.593. The lowest BCUT2D eigenvalue weighted by atomic mass is 10.1. The Morgan fingerprint density at radius 2 is 1.72 bits per heavy atom. The molecule has 2 aromatic rings. The van der Waals surface area contributed by atoms with E-state index in [1.165, 1.54) is 0 Å². The summed E-state index contributed by atoms with van der Waals surface area (Å²) in [5.74, 6) is 0.647. The third-order valence-corrected chi connectivity index (χ3v) is 4.73. The number of ether oxygens (including phenoxy) is 1. The quantitative estimate of drug-likeness (QED) is 0.700. The van der Waals surface area contributed by atoms with Gasteiger partial charge in [0.25, 0.3) is 5.91 Å². The van der Waals surface area contributed by atoms with Crippen LogP contribution in [0.25, 0.3) is 0 Å². The topological polar surface area (TPSA) is 58.6 Å². The first-order valence-corrected chi connectivity index (χ1v) is 10.1. The van der Waals surface area contributed by atoms with Crippen molar-refractivity contribution in [2.75, 3.05) is 13.2 Å². The summed E-state index contributed by atoms with van der Waals surface area (Å²) in [5.41, 5.74) is 3.09. The Balaban J connectivity index is 2.12. The van der Waals surface area contributed by atoms with Crippen molar-refractivity contribution >= 4 is 11.8 Å². The summed E-state index contributed by atoms with van der Waals surface area (Å²) in [5, 5.41) is 2.92. The Morgan fingerprint density at radius 3 is 2.34 bits per heavy atom. The van der Waals surface area contributed by atoms with Gasteiger partial charge < -0.3 is 15.0 Å². The van der Waals surface area contributed by atoms with E-state index in [0.29, 0.717) is 24.8 Å². The van der Waals surface area contributed by atoms with Gasteiger partial charge in [0.2, 0.25) is 5.91 Å². The van der Waals surface area contributed by atoms with Gasteiger partial charge in [-0.2, -0.15) is 0 Å². The van der Waals surface area contributed by atoms with Crippen LogP contribution in [0.4, 0.5) is 0 Å². The zero-order chi connectivity index (χ0) is 21.4. The minimum absolute atomic E-state index is 0.113. The van der Waals surface area contributed by atoms with E-state index in [2.05, 4.69) is 5.32 Å². The number of amides is 2. The molecule has 0 fully saturated rings. The van der Waals surface area contributed by atoms with E-state index in [0.717, 1.165) is 16.7 Å². The molecule has 1 unspecified atom stereocenters. The Labute approximate surface area is 174 Å². The van der Waals surface area contributed by atoms with Crippen molar-refractivity contribution in [1.29, 1.82) is 0 Å². The standard InChI is InChI=1S/C24H32N2O3/c1-17(2)14-25-24(28)20(5)26(15-21-9-7-6-8-10-21)23(27)16-29-22-12-11-18(3)13-19(22)4/h6-13,17,20H,14-16H2,1-5H3,(H,25,28). The number of aryl methyl sites for hydroxylation is 2. The van der Waals surface area contributed by atoms with Gasteiger partial charge in [-0.05, 0) is 43.9 Å². The lowest BCUT2D eigenvalue weighted by Crippen LogP contribution is -2.49. The fraction of sp³-hybridized carbons (Fsp3) is 0.417. The molecule has 0 saturated heterocycles. The number of benzene rings is 2. The highest BCUT2D eigenvalue weighted by Crippen LogP contribution is 2.19. The largest absolute Gasteiger partial charge is 0.483 e. The van der Waals surface area contributed by atoms with Crippen LogP contribution in [-0.2, 0) is 16.1 Å². The molecule has 156 valence electrons. The molecule has 2 aromatic carbocycles. The Hall–Kier alpha value is -2.82. The predicted molar refractivity (Wildman–Crippen MR) is 116 cm³/mol. The SMILES string of the molecule is Cc1ccc(OCC(=O)N(Cc2ccccc2)C(C)C(=O)NCC(C)C)c(C)c1. The second-order valence-corrected chi connectivity index (χ2v) is 7.88. The second-order valence-electron chi connectivity index (χ2n) is 7.88. The zero-order valence-corrected chi connectivity index (χ0v) is 18.1. The number of rotatable bonds is 9. The fourth-order valence-corrected chi connectivity index (χ4v) is 3.00. The van der Waals surface area contributed by atoms with Gasteiger partial charge in [0.05, 0.1) is 0 Å². The minimum Gasteiger partial charge on any atom is -0.483 e. The molecule has 0 aliphatic heterocycles. The number of hydrogen-bond acceptors (Lipinski definition) is 3. The summed E-state index contributed by atoms with van der Waals surface area (Å²) in [7, 11) is 0. The van der Waals surface area contributed by atoms with E-state index in [9.17, 15) is 9.59 Å². The summed E-state index contributed by atoms with van der Waals surface area (Å²) < 4.78 is 5.78. The smallest absolute Gasteiger partial charge is 0.261 e. The number of carbonyl (C=O) groups excluding carboxylic acids is 2. The number of nitrogens with zero attached hydrogens (tertiary/aromatic N) is 1. The van der Waals surface area contributed by atoms with Crippen LogP contribution in [0.3, 0.4) is 0 Å². The zero-order valence-electron chi connectivity index (χ0n) is 18.1. The van der Waals surface area contributed by atoms with Gasteiger partial charge in [-0.15, -0.1) is 0 Å². The van der Waals surface area contributed by atoms with E-state index in [4.69, 9.17) is 4.74 Å². The van der Waals surface area contributed by atoms with Crippen molar-refractivity contribution in [1.82, 2.24) is 10.2 Å². The summed E-state index contributed by atoms with van der Waals surface area (Å²) >= 11 is 0. The van der Waals surface area contributed by atoms with E-state index in [1.54, 1.807) is 11.8 Å². The summed E-state index contributed by atoms with van der Waals surface area (Å²) in [6.07, 6.45) is 0. The van der Waals surface area contributed by atoms with Gasteiger partial charge in [0.1, 0.15) is 11.8 Å². The molecule has 0 aliphatic carbocycles. The Morgan fingerprint density at radius 1 is 1.03 bits per heavy atom. The van der Waals surface area contributed by atoms with Crippen LogP contribution in [0.1, 0.15) is 37.5 Å². The highest BCUT2D eigenvalue weighted by Gasteiger charge is 2.26. The van der Waals surface area contributed by atoms with E-state index in [1.807, 2.05) is 76.2 Å². The Bertz CT molecular complexity index is 818. The molecule has 0 heterocycles. The van der Waals surface area contributed by atoms with Gasteiger partial charge >= 0.3 is 0 Å².